The van der Waals surface area contributed by atoms with Crippen LogP contribution in [0.25, 0.3) is 0 Å². The summed E-state index contributed by atoms with van der Waals surface area (Å²) >= 11 is 0. The van der Waals surface area contributed by atoms with Gasteiger partial charge in [-0.25, -0.2) is 0 Å². The number of fused-ring (bicyclic) bond motifs is 3. The van der Waals surface area contributed by atoms with E-state index < -0.39 is 12.2 Å². The number of benzene rings is 1. The lowest BCUT2D eigenvalue weighted by atomic mass is 9.86. The lowest BCUT2D eigenvalue weighted by Crippen LogP contribution is -2.19. The zero-order valence-corrected chi connectivity index (χ0v) is 18.6. The van der Waals surface area contributed by atoms with E-state index in [1.165, 1.54) is 11.1 Å². The van der Waals surface area contributed by atoms with Crippen LogP contribution in [-0.2, 0) is 6.42 Å². The Morgan fingerprint density at radius 1 is 1.33 bits per heavy atom. The van der Waals surface area contributed by atoms with Crippen LogP contribution in [0.3, 0.4) is 0 Å². The van der Waals surface area contributed by atoms with Crippen LogP contribution in [0.4, 0.5) is 0 Å². The molecule has 1 aromatic rings. The highest BCUT2D eigenvalue weighted by Gasteiger charge is 2.48. The summed E-state index contributed by atoms with van der Waals surface area (Å²) in [6, 6.07) is 6.45. The number of hydrogen-bond acceptors (Lipinski definition) is 4. The maximum absolute atomic E-state index is 10.7. The molecular formula is C26H37NO3. The van der Waals surface area contributed by atoms with Gasteiger partial charge in [0.05, 0.1) is 12.2 Å². The average Bonchev–Trinajstić information content (AvgIpc) is 3.25. The highest BCUT2D eigenvalue weighted by molar-refractivity contribution is 5.49. The number of hydrogen-bond donors (Lipinski definition) is 3. The Bertz CT molecular complexity index is 778. The third-order valence-corrected chi connectivity index (χ3v) is 6.50. The van der Waals surface area contributed by atoms with Crippen LogP contribution >= 0.6 is 0 Å². The minimum absolute atomic E-state index is 0.0214. The molecule has 1 saturated carbocycles. The number of para-hydroxylation sites is 1. The average molecular weight is 412 g/mol. The molecule has 1 fully saturated rings. The molecule has 0 spiro atoms. The summed E-state index contributed by atoms with van der Waals surface area (Å²) in [6.07, 6.45) is 7.52. The van der Waals surface area contributed by atoms with Gasteiger partial charge in [0.15, 0.2) is 0 Å². The fourth-order valence-electron chi connectivity index (χ4n) is 4.72. The summed E-state index contributed by atoms with van der Waals surface area (Å²) < 4.78 is 6.36. The Balaban J connectivity index is 1.69. The van der Waals surface area contributed by atoms with Crippen LogP contribution in [0.2, 0.25) is 0 Å². The van der Waals surface area contributed by atoms with Gasteiger partial charge in [-0.15, -0.1) is 11.8 Å². The minimum Gasteiger partial charge on any atom is -0.489 e. The Labute approximate surface area is 181 Å². The van der Waals surface area contributed by atoms with Crippen LogP contribution in [0.15, 0.2) is 30.4 Å². The van der Waals surface area contributed by atoms with Crippen molar-refractivity contribution in [3.63, 3.8) is 0 Å². The van der Waals surface area contributed by atoms with Gasteiger partial charge in [-0.1, -0.05) is 44.2 Å². The van der Waals surface area contributed by atoms with Gasteiger partial charge in [0, 0.05) is 30.2 Å². The van der Waals surface area contributed by atoms with Crippen LogP contribution in [-0.4, -0.2) is 41.6 Å². The molecule has 4 nitrogen and oxygen atoms in total. The Hall–Kier alpha value is -1.80. The molecule has 1 heterocycles. The zero-order chi connectivity index (χ0) is 21.5. The summed E-state index contributed by atoms with van der Waals surface area (Å²) in [6.45, 7) is 8.03. The van der Waals surface area contributed by atoms with Gasteiger partial charge in [-0.3, -0.25) is 0 Å². The van der Waals surface area contributed by atoms with Crippen molar-refractivity contribution in [2.45, 2.75) is 77.1 Å². The van der Waals surface area contributed by atoms with E-state index in [2.05, 4.69) is 42.3 Å². The molecule has 30 heavy (non-hydrogen) atoms. The molecule has 3 N–H and O–H groups in total. The molecule has 1 aromatic carbocycles. The van der Waals surface area contributed by atoms with Gasteiger partial charge in [-0.05, 0) is 50.8 Å². The quantitative estimate of drug-likeness (QED) is 0.311. The number of aliphatic hydroxyl groups is 2. The van der Waals surface area contributed by atoms with E-state index in [-0.39, 0.29) is 23.9 Å². The topological polar surface area (TPSA) is 61.7 Å². The predicted molar refractivity (Wildman–Crippen MR) is 122 cm³/mol. The molecular weight excluding hydrogens is 374 g/mol. The van der Waals surface area contributed by atoms with Gasteiger partial charge in [0.25, 0.3) is 0 Å². The van der Waals surface area contributed by atoms with Crippen molar-refractivity contribution in [2.75, 3.05) is 13.1 Å². The first-order valence-electron chi connectivity index (χ1n) is 11.5. The van der Waals surface area contributed by atoms with Crippen molar-refractivity contribution < 1.29 is 14.9 Å². The first-order chi connectivity index (χ1) is 14.6. The Kier molecular flexibility index (Phi) is 8.39. The van der Waals surface area contributed by atoms with Crippen molar-refractivity contribution in [1.29, 1.82) is 0 Å². The lowest BCUT2D eigenvalue weighted by molar-refractivity contribution is 0.134. The number of aliphatic hydroxyl groups excluding tert-OH is 2. The van der Waals surface area contributed by atoms with Crippen molar-refractivity contribution in [3.05, 3.63) is 41.5 Å². The van der Waals surface area contributed by atoms with E-state index in [0.29, 0.717) is 12.8 Å². The molecule has 2 aliphatic rings. The molecule has 1 aliphatic carbocycles. The molecule has 164 valence electrons. The van der Waals surface area contributed by atoms with Crippen LogP contribution < -0.4 is 10.1 Å². The fraction of sp³-hybridized carbons (Fsp3) is 0.615. The molecule has 1 aliphatic heterocycles. The van der Waals surface area contributed by atoms with E-state index in [4.69, 9.17) is 4.74 Å². The normalized spacial score (nSPS) is 26.6. The summed E-state index contributed by atoms with van der Waals surface area (Å²) in [5.41, 5.74) is 2.50. The molecule has 0 radical (unpaired) electrons. The number of nitrogens with one attached hydrogen (secondary N) is 1. The van der Waals surface area contributed by atoms with Gasteiger partial charge in [0.2, 0.25) is 0 Å². The molecule has 3 rings (SSSR count). The zero-order valence-electron chi connectivity index (χ0n) is 18.6. The third kappa shape index (κ3) is 5.27. The maximum Gasteiger partial charge on any atom is 0.126 e. The summed E-state index contributed by atoms with van der Waals surface area (Å²) in [7, 11) is 0. The van der Waals surface area contributed by atoms with Gasteiger partial charge >= 0.3 is 0 Å². The second-order valence-electron chi connectivity index (χ2n) is 8.69. The third-order valence-electron chi connectivity index (χ3n) is 6.50. The van der Waals surface area contributed by atoms with E-state index in [1.54, 1.807) is 0 Å². The summed E-state index contributed by atoms with van der Waals surface area (Å²) in [4.78, 5) is 0. The Morgan fingerprint density at radius 2 is 2.17 bits per heavy atom. The maximum atomic E-state index is 10.7. The first-order valence-corrected chi connectivity index (χ1v) is 11.5. The monoisotopic (exact) mass is 411 g/mol. The molecule has 0 saturated heterocycles. The molecule has 0 bridgehead atoms. The number of rotatable bonds is 10. The highest BCUT2D eigenvalue weighted by atomic mass is 16.5. The molecule has 0 aromatic heterocycles. The smallest absolute Gasteiger partial charge is 0.126 e. The molecule has 0 unspecified atom stereocenters. The van der Waals surface area contributed by atoms with Gasteiger partial charge in [0.1, 0.15) is 11.9 Å². The van der Waals surface area contributed by atoms with Gasteiger partial charge < -0.3 is 20.3 Å². The van der Waals surface area contributed by atoms with Crippen LogP contribution in [0.5, 0.6) is 5.75 Å². The van der Waals surface area contributed by atoms with E-state index in [0.717, 1.165) is 38.1 Å². The van der Waals surface area contributed by atoms with E-state index in [1.807, 2.05) is 26.0 Å². The number of aryl methyl sites for hydroxylation is 1. The second-order valence-corrected chi connectivity index (χ2v) is 8.69. The van der Waals surface area contributed by atoms with Crippen molar-refractivity contribution in [2.24, 2.45) is 11.8 Å². The van der Waals surface area contributed by atoms with E-state index in [9.17, 15) is 10.2 Å². The summed E-state index contributed by atoms with van der Waals surface area (Å²) in [5, 5.41) is 24.5. The second kappa shape index (κ2) is 11.0. The molecule has 0 amide bonds. The minimum atomic E-state index is -0.554. The molecule has 6 atom stereocenters. The number of ether oxygens (including phenoxy) is 1. The van der Waals surface area contributed by atoms with Crippen molar-refractivity contribution >= 4 is 0 Å². The molecule has 4 heteroatoms. The Morgan fingerprint density at radius 3 is 2.93 bits per heavy atom. The van der Waals surface area contributed by atoms with Crippen LogP contribution in [0.1, 0.15) is 63.5 Å². The van der Waals surface area contributed by atoms with E-state index >= 15 is 0 Å². The lowest BCUT2D eigenvalue weighted by Gasteiger charge is -2.19. The van der Waals surface area contributed by atoms with Crippen molar-refractivity contribution in [1.82, 2.24) is 5.32 Å². The fourth-order valence-corrected chi connectivity index (χ4v) is 4.72. The SMILES string of the molecule is CC#CC[C@@H](C)[C@H](O)/C=C/[C@@H]1[C@H]2c3cccc(CCCCNCC)c3O[C@H]2C[C@H]1O. The van der Waals surface area contributed by atoms with Crippen molar-refractivity contribution in [3.8, 4) is 17.6 Å². The predicted octanol–water partition coefficient (Wildman–Crippen LogP) is 3.81. The first kappa shape index (κ1) is 22.9. The van der Waals surface area contributed by atoms with Crippen LogP contribution in [0, 0.1) is 23.7 Å². The van der Waals surface area contributed by atoms with Gasteiger partial charge in [-0.2, -0.15) is 0 Å². The highest BCUT2D eigenvalue weighted by Crippen LogP contribution is 2.52. The summed E-state index contributed by atoms with van der Waals surface area (Å²) in [5.74, 6) is 7.15. The standard InChI is InChI=1S/C26H37NO3/c1-4-6-10-18(3)22(28)15-14-20-23(29)17-24-25(20)21-13-9-12-19(26(21)30-24)11-7-8-16-27-5-2/h9,12-15,18,20,22-25,27-29H,5,7-8,10-11,16-17H2,1-3H3/b15-14+/t18-,20+,22-,23-,24+,25+/m1/s1. The number of unbranched alkanes of at least 4 members (excludes halogenated alkanes) is 1. The largest absolute Gasteiger partial charge is 0.489 e.